The Bertz CT molecular complexity index is 687. The van der Waals surface area contributed by atoms with Crippen LogP contribution in [0.1, 0.15) is 40.4 Å². The minimum atomic E-state index is -0.0489. The van der Waals surface area contributed by atoms with Gasteiger partial charge in [-0.15, -0.1) is 11.3 Å². The summed E-state index contributed by atoms with van der Waals surface area (Å²) in [7, 11) is 1.95. The average molecular weight is 331 g/mol. The molecule has 0 bridgehead atoms. The standard InChI is InChI=1S/C17H21N3O2S/c1-19-11-14(10-18-19)13-9-17(22-12-13)4-6-20(7-5-17)16(21)15-3-2-8-23-15/h2-3,8,10-11,13H,4-7,9,12H2,1H3/t13-/m1/s1. The monoisotopic (exact) mass is 331 g/mol. The molecule has 2 aliphatic rings. The summed E-state index contributed by atoms with van der Waals surface area (Å²) >= 11 is 1.52. The maximum absolute atomic E-state index is 12.4. The quantitative estimate of drug-likeness (QED) is 0.850. The Morgan fingerprint density at radius 2 is 2.26 bits per heavy atom. The second-order valence-corrected chi connectivity index (χ2v) is 7.56. The number of aromatic nitrogens is 2. The van der Waals surface area contributed by atoms with E-state index in [-0.39, 0.29) is 11.5 Å². The van der Waals surface area contributed by atoms with Gasteiger partial charge in [0.05, 0.1) is 23.3 Å². The fourth-order valence-electron chi connectivity index (χ4n) is 3.73. The first-order valence-corrected chi connectivity index (χ1v) is 8.98. The highest BCUT2D eigenvalue weighted by atomic mass is 32.1. The molecule has 2 saturated heterocycles. The lowest BCUT2D eigenvalue weighted by molar-refractivity contribution is -0.0388. The number of hydrogen-bond acceptors (Lipinski definition) is 4. The molecule has 0 saturated carbocycles. The average Bonchev–Trinajstić information content (AvgIpc) is 3.28. The topological polar surface area (TPSA) is 47.4 Å². The van der Waals surface area contributed by atoms with E-state index in [2.05, 4.69) is 11.3 Å². The van der Waals surface area contributed by atoms with Crippen LogP contribution in [0.25, 0.3) is 0 Å². The van der Waals surface area contributed by atoms with Gasteiger partial charge in [-0.25, -0.2) is 0 Å². The zero-order chi connectivity index (χ0) is 15.9. The number of ether oxygens (including phenoxy) is 1. The number of hydrogen-bond donors (Lipinski definition) is 0. The van der Waals surface area contributed by atoms with Crippen LogP contribution in [0, 0.1) is 0 Å². The van der Waals surface area contributed by atoms with Crippen molar-refractivity contribution in [2.24, 2.45) is 7.05 Å². The van der Waals surface area contributed by atoms with Crippen molar-refractivity contribution in [3.05, 3.63) is 40.3 Å². The molecule has 122 valence electrons. The van der Waals surface area contributed by atoms with E-state index in [1.807, 2.05) is 40.3 Å². The lowest BCUT2D eigenvalue weighted by Gasteiger charge is -2.38. The van der Waals surface area contributed by atoms with Gasteiger partial charge in [-0.2, -0.15) is 5.10 Å². The van der Waals surface area contributed by atoms with Gasteiger partial charge in [-0.05, 0) is 36.3 Å². The molecule has 0 radical (unpaired) electrons. The number of amides is 1. The maximum Gasteiger partial charge on any atom is 0.263 e. The van der Waals surface area contributed by atoms with E-state index in [1.165, 1.54) is 16.9 Å². The molecule has 4 heterocycles. The number of carbonyl (C=O) groups excluding carboxylic acids is 1. The first-order valence-electron chi connectivity index (χ1n) is 8.10. The zero-order valence-electron chi connectivity index (χ0n) is 13.3. The smallest absolute Gasteiger partial charge is 0.263 e. The molecule has 0 unspecified atom stereocenters. The first-order chi connectivity index (χ1) is 11.2. The summed E-state index contributed by atoms with van der Waals surface area (Å²) in [6.07, 6.45) is 6.94. The van der Waals surface area contributed by atoms with Gasteiger partial charge in [0.1, 0.15) is 0 Å². The second kappa shape index (κ2) is 5.76. The summed E-state index contributed by atoms with van der Waals surface area (Å²) in [6, 6.07) is 3.84. The predicted octanol–water partition coefficient (Wildman–Crippen LogP) is 2.66. The molecule has 23 heavy (non-hydrogen) atoms. The molecule has 2 aromatic rings. The minimum absolute atomic E-state index is 0.0489. The van der Waals surface area contributed by atoms with Gasteiger partial charge in [-0.1, -0.05) is 6.07 Å². The summed E-state index contributed by atoms with van der Waals surface area (Å²) in [4.78, 5) is 15.2. The number of carbonyl (C=O) groups is 1. The first kappa shape index (κ1) is 14.9. The molecule has 4 rings (SSSR count). The van der Waals surface area contributed by atoms with Crippen molar-refractivity contribution >= 4 is 17.2 Å². The lowest BCUT2D eigenvalue weighted by atomic mass is 9.84. The fraction of sp³-hybridized carbons (Fsp3) is 0.529. The normalized spacial score (nSPS) is 23.5. The van der Waals surface area contributed by atoms with Crippen molar-refractivity contribution in [3.63, 3.8) is 0 Å². The zero-order valence-corrected chi connectivity index (χ0v) is 14.1. The van der Waals surface area contributed by atoms with Crippen LogP contribution < -0.4 is 0 Å². The van der Waals surface area contributed by atoms with Crippen molar-refractivity contribution in [2.75, 3.05) is 19.7 Å². The van der Waals surface area contributed by atoms with Crippen LogP contribution in [0.5, 0.6) is 0 Å². The van der Waals surface area contributed by atoms with Crippen molar-refractivity contribution in [2.45, 2.75) is 30.8 Å². The van der Waals surface area contributed by atoms with E-state index in [1.54, 1.807) is 0 Å². The van der Waals surface area contributed by atoms with Crippen LogP contribution in [0.3, 0.4) is 0 Å². The third-order valence-electron chi connectivity index (χ3n) is 5.10. The van der Waals surface area contributed by atoms with Gasteiger partial charge in [0.2, 0.25) is 0 Å². The molecule has 6 heteroatoms. The highest BCUT2D eigenvalue weighted by Gasteiger charge is 2.44. The van der Waals surface area contributed by atoms with Gasteiger partial charge < -0.3 is 9.64 Å². The summed E-state index contributed by atoms with van der Waals surface area (Å²) in [5, 5.41) is 6.22. The Kier molecular flexibility index (Phi) is 3.73. The minimum Gasteiger partial charge on any atom is -0.374 e. The number of aryl methyl sites for hydroxylation is 1. The third kappa shape index (κ3) is 2.81. The van der Waals surface area contributed by atoms with Crippen LogP contribution in [0.2, 0.25) is 0 Å². The van der Waals surface area contributed by atoms with Gasteiger partial charge in [0, 0.05) is 32.3 Å². The third-order valence-corrected chi connectivity index (χ3v) is 5.96. The SMILES string of the molecule is Cn1cc([C@H]2COC3(CCN(C(=O)c4cccs4)CC3)C2)cn1. The molecule has 1 atom stereocenters. The van der Waals surface area contributed by atoms with Crippen LogP contribution in [0.15, 0.2) is 29.9 Å². The van der Waals surface area contributed by atoms with Gasteiger partial charge in [0.25, 0.3) is 5.91 Å². The molecule has 0 aliphatic carbocycles. The molecule has 0 N–H and O–H groups in total. The Balaban J connectivity index is 1.39. The predicted molar refractivity (Wildman–Crippen MR) is 88.7 cm³/mol. The Hall–Kier alpha value is -1.66. The summed E-state index contributed by atoms with van der Waals surface area (Å²) in [5.74, 6) is 0.597. The summed E-state index contributed by atoms with van der Waals surface area (Å²) in [6.45, 7) is 2.34. The van der Waals surface area contributed by atoms with E-state index < -0.39 is 0 Å². The van der Waals surface area contributed by atoms with Crippen molar-refractivity contribution in [1.82, 2.24) is 14.7 Å². The van der Waals surface area contributed by atoms with Crippen LogP contribution in [-0.2, 0) is 11.8 Å². The van der Waals surface area contributed by atoms with E-state index in [4.69, 9.17) is 4.74 Å². The van der Waals surface area contributed by atoms with Gasteiger partial charge in [-0.3, -0.25) is 9.48 Å². The molecule has 2 aliphatic heterocycles. The number of piperidine rings is 1. The number of likely N-dealkylation sites (tertiary alicyclic amines) is 1. The molecule has 1 amide bonds. The van der Waals surface area contributed by atoms with E-state index in [0.717, 1.165) is 43.8 Å². The summed E-state index contributed by atoms with van der Waals surface area (Å²) < 4.78 is 8.05. The highest BCUT2D eigenvalue weighted by Crippen LogP contribution is 2.42. The largest absolute Gasteiger partial charge is 0.374 e. The number of thiophene rings is 1. The Morgan fingerprint density at radius 3 is 2.91 bits per heavy atom. The lowest BCUT2D eigenvalue weighted by Crippen LogP contribution is -2.46. The second-order valence-electron chi connectivity index (χ2n) is 6.61. The fourth-order valence-corrected chi connectivity index (χ4v) is 4.42. The van der Waals surface area contributed by atoms with E-state index in [0.29, 0.717) is 5.92 Å². The van der Waals surface area contributed by atoms with E-state index in [9.17, 15) is 4.79 Å². The van der Waals surface area contributed by atoms with Gasteiger partial charge in [0.15, 0.2) is 0 Å². The van der Waals surface area contributed by atoms with Crippen LogP contribution in [0.4, 0.5) is 0 Å². The van der Waals surface area contributed by atoms with Crippen molar-refractivity contribution in [1.29, 1.82) is 0 Å². The molecule has 0 aromatic carbocycles. The van der Waals surface area contributed by atoms with Crippen LogP contribution in [-0.4, -0.2) is 45.9 Å². The summed E-state index contributed by atoms with van der Waals surface area (Å²) in [5.41, 5.74) is 1.22. The van der Waals surface area contributed by atoms with Crippen molar-refractivity contribution < 1.29 is 9.53 Å². The molecule has 5 nitrogen and oxygen atoms in total. The van der Waals surface area contributed by atoms with Gasteiger partial charge >= 0.3 is 0 Å². The Morgan fingerprint density at radius 1 is 1.43 bits per heavy atom. The van der Waals surface area contributed by atoms with E-state index >= 15 is 0 Å². The molecule has 2 fully saturated rings. The van der Waals surface area contributed by atoms with Crippen molar-refractivity contribution in [3.8, 4) is 0 Å². The molecular weight excluding hydrogens is 310 g/mol. The number of nitrogens with zero attached hydrogens (tertiary/aromatic N) is 3. The molecule has 1 spiro atoms. The number of rotatable bonds is 2. The van der Waals surface area contributed by atoms with Crippen LogP contribution >= 0.6 is 11.3 Å². The molecule has 2 aromatic heterocycles. The Labute approximate surface area is 139 Å². The maximum atomic E-state index is 12.4. The highest BCUT2D eigenvalue weighted by molar-refractivity contribution is 7.12. The molecular formula is C17H21N3O2S.